The average Bonchev–Trinajstić information content (AvgIpc) is 2.86. The van der Waals surface area contributed by atoms with E-state index < -0.39 is 0 Å². The summed E-state index contributed by atoms with van der Waals surface area (Å²) in [7, 11) is 1.86. The van der Waals surface area contributed by atoms with Gasteiger partial charge in [-0.15, -0.1) is 0 Å². The highest BCUT2D eigenvalue weighted by atomic mass is 16.5. The maximum Gasteiger partial charge on any atom is 0.225 e. The van der Waals surface area contributed by atoms with E-state index >= 15 is 0 Å². The van der Waals surface area contributed by atoms with Crippen molar-refractivity contribution in [3.8, 4) is 28.9 Å². The Morgan fingerprint density at radius 2 is 1.44 bits per heavy atom. The van der Waals surface area contributed by atoms with Crippen molar-refractivity contribution in [2.24, 2.45) is 7.05 Å². The first-order valence-electron chi connectivity index (χ1n) is 7.98. The Morgan fingerprint density at radius 3 is 2.00 bits per heavy atom. The van der Waals surface area contributed by atoms with Crippen molar-refractivity contribution in [1.82, 2.24) is 9.78 Å². The molecule has 128 valence electrons. The summed E-state index contributed by atoms with van der Waals surface area (Å²) in [4.78, 5) is 0. The fourth-order valence-electron chi connectivity index (χ4n) is 2.47. The summed E-state index contributed by atoms with van der Waals surface area (Å²) in [6, 6.07) is 13.9. The summed E-state index contributed by atoms with van der Waals surface area (Å²) >= 11 is 0. The summed E-state index contributed by atoms with van der Waals surface area (Å²) in [5.41, 5.74) is 1.89. The molecule has 5 nitrogen and oxygen atoms in total. The second-order valence-corrected chi connectivity index (χ2v) is 5.60. The number of allylic oxidation sites excluding steroid dienone is 1. The van der Waals surface area contributed by atoms with Crippen LogP contribution in [0.2, 0.25) is 0 Å². The van der Waals surface area contributed by atoms with Crippen LogP contribution in [0.1, 0.15) is 18.2 Å². The zero-order chi connectivity index (χ0) is 17.8. The molecule has 0 aliphatic carbocycles. The lowest BCUT2D eigenvalue weighted by atomic mass is 10.2. The molecule has 0 saturated carbocycles. The molecule has 0 aliphatic rings. The predicted molar refractivity (Wildman–Crippen MR) is 97.3 cm³/mol. The summed E-state index contributed by atoms with van der Waals surface area (Å²) in [6.07, 6.45) is 3.95. The normalized spacial score (nSPS) is 11.0. The van der Waals surface area contributed by atoms with Crippen LogP contribution in [0, 0.1) is 6.92 Å². The van der Waals surface area contributed by atoms with Gasteiger partial charge in [0.25, 0.3) is 0 Å². The van der Waals surface area contributed by atoms with Gasteiger partial charge in [-0.05, 0) is 62.4 Å². The highest BCUT2D eigenvalue weighted by Gasteiger charge is 2.13. The number of nitrogens with zero attached hydrogens (tertiary/aromatic N) is 2. The number of ether oxygens (including phenoxy) is 2. The van der Waals surface area contributed by atoms with Gasteiger partial charge in [0.2, 0.25) is 5.88 Å². The number of phenols is 1. The molecule has 0 radical (unpaired) electrons. The first kappa shape index (κ1) is 16.6. The first-order chi connectivity index (χ1) is 12.1. The van der Waals surface area contributed by atoms with E-state index in [9.17, 15) is 5.11 Å². The molecule has 1 N–H and O–H groups in total. The lowest BCUT2D eigenvalue weighted by Gasteiger charge is -2.09. The molecule has 0 saturated heterocycles. The van der Waals surface area contributed by atoms with Crippen LogP contribution in [0.5, 0.6) is 28.9 Å². The van der Waals surface area contributed by atoms with Crippen LogP contribution < -0.4 is 9.47 Å². The van der Waals surface area contributed by atoms with Crippen LogP contribution in [0.15, 0.2) is 54.6 Å². The number of benzene rings is 2. The maximum atomic E-state index is 9.30. The summed E-state index contributed by atoms with van der Waals surface area (Å²) in [5, 5.41) is 13.7. The fraction of sp³-hybridized carbons (Fsp3) is 0.150. The van der Waals surface area contributed by atoms with E-state index in [0.717, 1.165) is 11.3 Å². The standard InChI is InChI=1S/C20H20N2O3/c1-4-5-19-14(2)21-22(3)20(19)25-18-12-10-17(11-13-18)24-16-8-6-15(23)7-9-16/h4-13,23H,1-3H3. The Balaban J connectivity index is 1.76. The molecule has 25 heavy (non-hydrogen) atoms. The maximum absolute atomic E-state index is 9.30. The minimum absolute atomic E-state index is 0.208. The topological polar surface area (TPSA) is 56.5 Å². The number of hydrogen-bond acceptors (Lipinski definition) is 4. The molecule has 1 heterocycles. The van der Waals surface area contributed by atoms with Crippen LogP contribution in [-0.2, 0) is 7.05 Å². The minimum Gasteiger partial charge on any atom is -0.508 e. The molecule has 0 atom stereocenters. The highest BCUT2D eigenvalue weighted by molar-refractivity contribution is 5.58. The molecular weight excluding hydrogens is 316 g/mol. The van der Waals surface area contributed by atoms with Gasteiger partial charge in [0.15, 0.2) is 0 Å². The molecule has 0 spiro atoms. The van der Waals surface area contributed by atoms with Crippen LogP contribution >= 0.6 is 0 Å². The number of hydrogen-bond donors (Lipinski definition) is 1. The molecule has 3 rings (SSSR count). The van der Waals surface area contributed by atoms with Crippen molar-refractivity contribution in [1.29, 1.82) is 0 Å². The van der Waals surface area contributed by atoms with E-state index in [-0.39, 0.29) is 5.75 Å². The number of aromatic nitrogens is 2. The van der Waals surface area contributed by atoms with Crippen molar-refractivity contribution in [3.63, 3.8) is 0 Å². The third-order valence-corrected chi connectivity index (χ3v) is 3.66. The van der Waals surface area contributed by atoms with Gasteiger partial charge in [0, 0.05) is 7.05 Å². The molecular formula is C20H20N2O3. The molecule has 3 aromatic rings. The largest absolute Gasteiger partial charge is 0.508 e. The van der Waals surface area contributed by atoms with Crippen molar-refractivity contribution in [3.05, 3.63) is 65.9 Å². The summed E-state index contributed by atoms with van der Waals surface area (Å²) in [6.45, 7) is 3.92. The Labute approximate surface area is 146 Å². The zero-order valence-electron chi connectivity index (χ0n) is 14.4. The second kappa shape index (κ2) is 7.13. The minimum atomic E-state index is 0.208. The number of rotatable bonds is 5. The molecule has 0 bridgehead atoms. The van der Waals surface area contributed by atoms with Gasteiger partial charge in [-0.3, -0.25) is 0 Å². The van der Waals surface area contributed by atoms with E-state index in [2.05, 4.69) is 5.10 Å². The monoisotopic (exact) mass is 336 g/mol. The fourth-order valence-corrected chi connectivity index (χ4v) is 2.47. The van der Waals surface area contributed by atoms with Crippen molar-refractivity contribution in [2.75, 3.05) is 0 Å². The summed E-state index contributed by atoms with van der Waals surface area (Å²) in [5.74, 6) is 2.95. The van der Waals surface area contributed by atoms with Gasteiger partial charge in [0.1, 0.15) is 23.0 Å². The average molecular weight is 336 g/mol. The van der Waals surface area contributed by atoms with Gasteiger partial charge in [-0.2, -0.15) is 5.10 Å². The Bertz CT molecular complexity index is 879. The molecule has 0 amide bonds. The molecule has 5 heteroatoms. The Kier molecular flexibility index (Phi) is 4.75. The molecule has 0 aliphatic heterocycles. The van der Waals surface area contributed by atoms with E-state index in [1.807, 2.05) is 57.3 Å². The molecule has 0 unspecified atom stereocenters. The van der Waals surface area contributed by atoms with Gasteiger partial charge in [0.05, 0.1) is 11.3 Å². The highest BCUT2D eigenvalue weighted by Crippen LogP contribution is 2.30. The lowest BCUT2D eigenvalue weighted by molar-refractivity contribution is 0.427. The Hall–Kier alpha value is -3.21. The zero-order valence-corrected chi connectivity index (χ0v) is 14.4. The van der Waals surface area contributed by atoms with Crippen LogP contribution in [-0.4, -0.2) is 14.9 Å². The van der Waals surface area contributed by atoms with Gasteiger partial charge in [-0.25, -0.2) is 4.68 Å². The lowest BCUT2D eigenvalue weighted by Crippen LogP contribution is -1.96. The van der Waals surface area contributed by atoms with Gasteiger partial charge < -0.3 is 14.6 Å². The number of aromatic hydroxyl groups is 1. The van der Waals surface area contributed by atoms with E-state index in [0.29, 0.717) is 23.1 Å². The summed E-state index contributed by atoms with van der Waals surface area (Å²) < 4.78 is 13.5. The molecule has 0 fully saturated rings. The molecule has 1 aromatic heterocycles. The van der Waals surface area contributed by atoms with E-state index in [1.165, 1.54) is 0 Å². The SMILES string of the molecule is CC=Cc1c(C)nn(C)c1Oc1ccc(Oc2ccc(O)cc2)cc1. The third kappa shape index (κ3) is 3.83. The Morgan fingerprint density at radius 1 is 0.920 bits per heavy atom. The van der Waals surface area contributed by atoms with E-state index in [1.54, 1.807) is 28.9 Å². The van der Waals surface area contributed by atoms with E-state index in [4.69, 9.17) is 9.47 Å². The van der Waals surface area contributed by atoms with Crippen LogP contribution in [0.3, 0.4) is 0 Å². The molecule has 2 aromatic carbocycles. The quantitative estimate of drug-likeness (QED) is 0.708. The number of phenolic OH excluding ortho intramolecular Hbond substituents is 1. The third-order valence-electron chi connectivity index (χ3n) is 3.66. The smallest absolute Gasteiger partial charge is 0.225 e. The van der Waals surface area contributed by atoms with Crippen LogP contribution in [0.25, 0.3) is 6.08 Å². The van der Waals surface area contributed by atoms with Gasteiger partial charge >= 0.3 is 0 Å². The predicted octanol–water partition coefficient (Wildman–Crippen LogP) is 5.05. The van der Waals surface area contributed by atoms with Crippen molar-refractivity contribution < 1.29 is 14.6 Å². The number of aryl methyl sites for hydroxylation is 2. The van der Waals surface area contributed by atoms with Crippen LogP contribution in [0.4, 0.5) is 0 Å². The van der Waals surface area contributed by atoms with Crippen molar-refractivity contribution in [2.45, 2.75) is 13.8 Å². The van der Waals surface area contributed by atoms with Crippen molar-refractivity contribution >= 4 is 6.08 Å². The van der Waals surface area contributed by atoms with Gasteiger partial charge in [-0.1, -0.05) is 12.2 Å². The second-order valence-electron chi connectivity index (χ2n) is 5.60. The first-order valence-corrected chi connectivity index (χ1v) is 7.98.